The summed E-state index contributed by atoms with van der Waals surface area (Å²) in [6.07, 6.45) is 0. The molecule has 0 N–H and O–H groups in total. The first-order chi connectivity index (χ1) is 25.9. The number of benzene rings is 8. The fraction of sp³-hybridized carbons (Fsp3) is 0.125. The average Bonchev–Trinajstić information content (AvgIpc) is 3.18. The van der Waals surface area contributed by atoms with Crippen molar-refractivity contribution in [3.05, 3.63) is 168 Å². The van der Waals surface area contributed by atoms with Crippen molar-refractivity contribution >= 4 is 104 Å². The van der Waals surface area contributed by atoms with Crippen molar-refractivity contribution in [1.82, 2.24) is 0 Å². The summed E-state index contributed by atoms with van der Waals surface area (Å²) in [6, 6.07) is 51.8. The van der Waals surface area contributed by atoms with Gasteiger partial charge in [0.1, 0.15) is 0 Å². The van der Waals surface area contributed by atoms with E-state index < -0.39 is 16.1 Å². The van der Waals surface area contributed by atoms with E-state index in [0.717, 1.165) is 44.9 Å². The maximum Gasteiger partial charge on any atom is 0.189 e. The van der Waals surface area contributed by atoms with E-state index >= 15 is 0 Å². The number of nitrogens with zero attached hydrogens (tertiary/aromatic N) is 4. The van der Waals surface area contributed by atoms with Crippen molar-refractivity contribution in [2.24, 2.45) is 0 Å². The van der Waals surface area contributed by atoms with Gasteiger partial charge in [-0.2, -0.15) is 0 Å². The van der Waals surface area contributed by atoms with E-state index in [-0.39, 0.29) is 0 Å². The number of hydrogen-bond donors (Lipinski definition) is 0. The van der Waals surface area contributed by atoms with Crippen molar-refractivity contribution in [1.29, 1.82) is 0 Å². The van der Waals surface area contributed by atoms with Gasteiger partial charge in [0.15, 0.2) is 11.4 Å². The van der Waals surface area contributed by atoms with Crippen LogP contribution in [0.5, 0.6) is 0 Å². The summed E-state index contributed by atoms with van der Waals surface area (Å²) in [4.78, 5) is 12.2. The SMILES string of the molecule is [C-]#[N+]c1cccc(N(c2ccc([Si](C)(C)C)cc2)c2ccc3ccc4c(N(c5ccc([Si](C)(C)C)cc5)c5cccc([N+]#[C-])c5)ccc5ccc2c3c54)c1. The first-order valence-corrected chi connectivity index (χ1v) is 25.4. The largest absolute Gasteiger partial charge is 0.311 e. The summed E-state index contributed by atoms with van der Waals surface area (Å²) < 4.78 is 0. The van der Waals surface area contributed by atoms with E-state index in [2.05, 4.69) is 168 Å². The quantitative estimate of drug-likeness (QED) is 0.0878. The highest BCUT2D eigenvalue weighted by Crippen LogP contribution is 2.47. The molecule has 0 radical (unpaired) electrons. The van der Waals surface area contributed by atoms with Gasteiger partial charge in [0, 0.05) is 33.5 Å². The van der Waals surface area contributed by atoms with Gasteiger partial charge in [-0.3, -0.25) is 0 Å². The van der Waals surface area contributed by atoms with Gasteiger partial charge < -0.3 is 9.80 Å². The molecule has 0 bridgehead atoms. The van der Waals surface area contributed by atoms with Crippen molar-refractivity contribution in [3.63, 3.8) is 0 Å². The zero-order chi connectivity index (χ0) is 37.8. The van der Waals surface area contributed by atoms with Crippen LogP contribution in [0.25, 0.3) is 42.0 Å². The van der Waals surface area contributed by atoms with E-state index in [9.17, 15) is 0 Å². The Hall–Kier alpha value is -6.19. The van der Waals surface area contributed by atoms with Crippen LogP contribution in [0.1, 0.15) is 0 Å². The molecule has 4 nitrogen and oxygen atoms in total. The minimum atomic E-state index is -1.51. The molecule has 0 aromatic heterocycles. The summed E-state index contributed by atoms with van der Waals surface area (Å²) in [5.74, 6) is 0. The summed E-state index contributed by atoms with van der Waals surface area (Å²) in [5, 5.41) is 9.87. The van der Waals surface area contributed by atoms with Crippen molar-refractivity contribution in [3.8, 4) is 0 Å². The maximum absolute atomic E-state index is 7.79. The lowest BCUT2D eigenvalue weighted by molar-refractivity contribution is 1.30. The Kier molecular flexibility index (Phi) is 8.62. The molecule has 0 spiro atoms. The Morgan fingerprint density at radius 2 is 0.778 bits per heavy atom. The second kappa shape index (κ2) is 13.3. The molecular formula is C48H42N4Si2. The minimum absolute atomic E-state index is 0.610. The monoisotopic (exact) mass is 730 g/mol. The van der Waals surface area contributed by atoms with Gasteiger partial charge in [-0.15, -0.1) is 0 Å². The van der Waals surface area contributed by atoms with E-state index in [1.54, 1.807) is 0 Å². The predicted octanol–water partition coefficient (Wildman–Crippen LogP) is 13.7. The van der Waals surface area contributed by atoms with E-state index in [1.165, 1.54) is 31.9 Å². The van der Waals surface area contributed by atoms with Gasteiger partial charge in [0.2, 0.25) is 0 Å². The van der Waals surface area contributed by atoms with E-state index in [1.807, 2.05) is 36.4 Å². The number of rotatable bonds is 8. The molecule has 0 heterocycles. The van der Waals surface area contributed by atoms with Crippen LogP contribution in [0.15, 0.2) is 146 Å². The van der Waals surface area contributed by atoms with Crippen LogP contribution in [0, 0.1) is 13.1 Å². The van der Waals surface area contributed by atoms with Gasteiger partial charge in [0.05, 0.1) is 40.7 Å². The summed E-state index contributed by atoms with van der Waals surface area (Å²) in [5.41, 5.74) is 7.37. The third-order valence-electron chi connectivity index (χ3n) is 10.5. The van der Waals surface area contributed by atoms with Gasteiger partial charge >= 0.3 is 0 Å². The number of anilines is 6. The Labute approximate surface area is 320 Å². The lowest BCUT2D eigenvalue weighted by Crippen LogP contribution is -2.37. The highest BCUT2D eigenvalue weighted by atomic mass is 28.3. The predicted molar refractivity (Wildman–Crippen MR) is 238 cm³/mol. The normalized spacial score (nSPS) is 11.9. The zero-order valence-electron chi connectivity index (χ0n) is 31.6. The zero-order valence-corrected chi connectivity index (χ0v) is 33.6. The Bertz CT molecular complexity index is 2570. The van der Waals surface area contributed by atoms with Crippen molar-refractivity contribution in [2.45, 2.75) is 39.3 Å². The van der Waals surface area contributed by atoms with Crippen LogP contribution < -0.4 is 20.2 Å². The molecule has 0 atom stereocenters. The van der Waals surface area contributed by atoms with Crippen LogP contribution in [-0.4, -0.2) is 16.1 Å². The molecule has 0 aliphatic heterocycles. The second-order valence-corrected chi connectivity index (χ2v) is 26.3. The summed E-state index contributed by atoms with van der Waals surface area (Å²) in [7, 11) is -3.02. The standard InChI is InChI=1S/C48H42N4Si2/c1-49-35-11-9-13-39(31-35)51(37-19-23-41(24-20-37)53(3,4)5)45-29-17-33-16-28-44-46(30-18-34-15-27-43(45)47(33)48(34)44)52(40-14-10-12-36(32-40)50-2)38-21-25-42(26-22-38)54(6,7)8/h9-32H,3-8H3. The lowest BCUT2D eigenvalue weighted by Gasteiger charge is -2.30. The molecule has 0 aliphatic carbocycles. The molecular weight excluding hydrogens is 689 g/mol. The smallest absolute Gasteiger partial charge is 0.189 e. The maximum atomic E-state index is 7.79. The molecule has 6 heteroatoms. The lowest BCUT2D eigenvalue weighted by atomic mass is 9.91. The highest BCUT2D eigenvalue weighted by Gasteiger charge is 2.24. The molecule has 0 fully saturated rings. The summed E-state index contributed by atoms with van der Waals surface area (Å²) >= 11 is 0. The molecule has 0 saturated heterocycles. The van der Waals surface area contributed by atoms with Crippen molar-refractivity contribution in [2.75, 3.05) is 9.80 Å². The van der Waals surface area contributed by atoms with Crippen molar-refractivity contribution < 1.29 is 0 Å². The number of hydrogen-bond acceptors (Lipinski definition) is 2. The molecule has 8 aromatic rings. The van der Waals surface area contributed by atoms with Crippen LogP contribution >= 0.6 is 0 Å². The fourth-order valence-electron chi connectivity index (χ4n) is 7.64. The molecule has 54 heavy (non-hydrogen) atoms. The molecule has 0 aliphatic rings. The first-order valence-electron chi connectivity index (χ1n) is 18.4. The van der Waals surface area contributed by atoms with Gasteiger partial charge in [-0.25, -0.2) is 9.69 Å². The Morgan fingerprint density at radius 3 is 1.13 bits per heavy atom. The van der Waals surface area contributed by atoms with Crippen LogP contribution in [0.3, 0.4) is 0 Å². The van der Waals surface area contributed by atoms with Crippen LogP contribution in [0.4, 0.5) is 45.5 Å². The summed E-state index contributed by atoms with van der Waals surface area (Å²) in [6.45, 7) is 29.8. The van der Waals surface area contributed by atoms with E-state index in [0.29, 0.717) is 11.4 Å². The first kappa shape index (κ1) is 34.9. The van der Waals surface area contributed by atoms with Gasteiger partial charge in [-0.1, -0.05) is 135 Å². The molecule has 0 amide bonds. The topological polar surface area (TPSA) is 15.2 Å². The second-order valence-electron chi connectivity index (χ2n) is 16.1. The molecule has 8 rings (SSSR count). The Balaban J connectivity index is 1.38. The Morgan fingerprint density at radius 1 is 0.407 bits per heavy atom. The average molecular weight is 731 g/mol. The van der Waals surface area contributed by atoms with Gasteiger partial charge in [-0.05, 0) is 82.2 Å². The van der Waals surface area contributed by atoms with Crippen LogP contribution in [0.2, 0.25) is 39.3 Å². The minimum Gasteiger partial charge on any atom is -0.311 e. The third kappa shape index (κ3) is 6.20. The molecule has 262 valence electrons. The highest BCUT2D eigenvalue weighted by molar-refractivity contribution is 6.89. The third-order valence-corrected chi connectivity index (χ3v) is 14.6. The molecule has 8 aromatic carbocycles. The van der Waals surface area contributed by atoms with Gasteiger partial charge in [0.25, 0.3) is 0 Å². The van der Waals surface area contributed by atoms with Crippen LogP contribution in [-0.2, 0) is 0 Å². The fourth-order valence-corrected chi connectivity index (χ4v) is 9.97. The van der Waals surface area contributed by atoms with E-state index in [4.69, 9.17) is 13.1 Å². The molecule has 0 unspecified atom stereocenters. The molecule has 0 saturated carbocycles.